The minimum absolute atomic E-state index is 0.106. The van der Waals surface area contributed by atoms with Crippen LogP contribution in [0.25, 0.3) is 11.0 Å². The number of nitrogens with zero attached hydrogens (tertiary/aromatic N) is 2. The molecule has 0 bridgehead atoms. The first-order valence-electron chi connectivity index (χ1n) is 6.16. The molecule has 0 aliphatic heterocycles. The molecule has 0 saturated heterocycles. The quantitative estimate of drug-likeness (QED) is 0.862. The molecule has 1 heterocycles. The number of hydrogen-bond donors (Lipinski definition) is 1. The molecule has 0 atom stereocenters. The lowest BCUT2D eigenvalue weighted by Gasteiger charge is -2.09. The Morgan fingerprint density at radius 3 is 2.68 bits per heavy atom. The maximum atomic E-state index is 12.1. The number of halogens is 3. The Morgan fingerprint density at radius 2 is 2.00 bits per heavy atom. The summed E-state index contributed by atoms with van der Waals surface area (Å²) in [6, 6.07) is 5.68. The molecule has 1 aromatic carbocycles. The molecule has 2 rings (SSSR count). The lowest BCUT2D eigenvalue weighted by atomic mass is 10.2. The van der Waals surface area contributed by atoms with Crippen molar-refractivity contribution in [3.05, 3.63) is 23.8 Å². The number of hydrogen-bond acceptors (Lipinski definition) is 2. The van der Waals surface area contributed by atoms with Crippen molar-refractivity contribution in [2.75, 3.05) is 5.73 Å². The SMILES string of the molecule is Cc1cccc2nc(N)n(CCCCC(F)(F)F)c12. The number of anilines is 1. The second-order valence-electron chi connectivity index (χ2n) is 4.64. The first-order chi connectivity index (χ1) is 8.88. The summed E-state index contributed by atoms with van der Waals surface area (Å²) in [6.07, 6.45) is -4.30. The largest absolute Gasteiger partial charge is 0.389 e. The Hall–Kier alpha value is -1.72. The average molecular weight is 271 g/mol. The predicted octanol–water partition coefficient (Wildman–Crippen LogP) is 3.66. The fraction of sp³-hybridized carbons (Fsp3) is 0.462. The third-order valence-corrected chi connectivity index (χ3v) is 3.09. The molecular weight excluding hydrogens is 255 g/mol. The minimum atomic E-state index is -4.08. The van der Waals surface area contributed by atoms with Crippen molar-refractivity contribution in [2.24, 2.45) is 0 Å². The smallest absolute Gasteiger partial charge is 0.369 e. The van der Waals surface area contributed by atoms with E-state index in [9.17, 15) is 13.2 Å². The molecule has 0 fully saturated rings. The summed E-state index contributed by atoms with van der Waals surface area (Å²) in [5.74, 6) is 0.358. The highest BCUT2D eigenvalue weighted by Crippen LogP contribution is 2.24. The molecule has 0 spiro atoms. The Kier molecular flexibility index (Phi) is 3.68. The number of unbranched alkanes of at least 4 members (excludes halogenated alkanes) is 1. The van der Waals surface area contributed by atoms with Gasteiger partial charge in [-0.2, -0.15) is 13.2 Å². The number of rotatable bonds is 4. The van der Waals surface area contributed by atoms with Gasteiger partial charge in [-0.3, -0.25) is 0 Å². The molecule has 0 aliphatic rings. The standard InChI is InChI=1S/C13H16F3N3/c1-9-5-4-6-10-11(9)19(12(17)18-10)8-3-2-7-13(14,15)16/h4-6H,2-3,7-8H2,1H3,(H2,17,18). The topological polar surface area (TPSA) is 43.8 Å². The first-order valence-corrected chi connectivity index (χ1v) is 6.16. The molecule has 3 nitrogen and oxygen atoms in total. The first kappa shape index (κ1) is 13.7. The molecule has 6 heteroatoms. The average Bonchev–Trinajstić information content (AvgIpc) is 2.61. The van der Waals surface area contributed by atoms with E-state index in [4.69, 9.17) is 5.73 Å². The molecule has 0 amide bonds. The van der Waals surface area contributed by atoms with Gasteiger partial charge in [-0.15, -0.1) is 0 Å². The van der Waals surface area contributed by atoms with E-state index in [1.165, 1.54) is 0 Å². The number of fused-ring (bicyclic) bond motifs is 1. The Labute approximate surface area is 109 Å². The van der Waals surface area contributed by atoms with Crippen LogP contribution < -0.4 is 5.73 Å². The minimum Gasteiger partial charge on any atom is -0.369 e. The van der Waals surface area contributed by atoms with Gasteiger partial charge in [-0.05, 0) is 31.4 Å². The summed E-state index contributed by atoms with van der Waals surface area (Å²) < 4.78 is 38.0. The summed E-state index contributed by atoms with van der Waals surface area (Å²) in [7, 11) is 0. The second kappa shape index (κ2) is 5.11. The summed E-state index contributed by atoms with van der Waals surface area (Å²) in [5.41, 5.74) is 8.54. The van der Waals surface area contributed by atoms with Gasteiger partial charge in [0.2, 0.25) is 5.95 Å². The normalized spacial score (nSPS) is 12.2. The van der Waals surface area contributed by atoms with Crippen molar-refractivity contribution in [3.8, 4) is 0 Å². The van der Waals surface area contributed by atoms with E-state index in [2.05, 4.69) is 4.98 Å². The number of alkyl halides is 3. The van der Waals surface area contributed by atoms with Crippen LogP contribution in [0.5, 0.6) is 0 Å². The number of para-hydroxylation sites is 1. The van der Waals surface area contributed by atoms with Crippen LogP contribution in [-0.2, 0) is 6.54 Å². The van der Waals surface area contributed by atoms with Crippen molar-refractivity contribution >= 4 is 17.0 Å². The van der Waals surface area contributed by atoms with E-state index in [1.807, 2.05) is 25.1 Å². The van der Waals surface area contributed by atoms with Crippen LogP contribution in [-0.4, -0.2) is 15.7 Å². The number of nitrogens with two attached hydrogens (primary N) is 1. The summed E-state index contributed by atoms with van der Waals surface area (Å²) in [5, 5.41) is 0. The van der Waals surface area contributed by atoms with E-state index in [-0.39, 0.29) is 6.42 Å². The molecule has 2 N–H and O–H groups in total. The zero-order valence-electron chi connectivity index (χ0n) is 10.7. The maximum Gasteiger partial charge on any atom is 0.389 e. The zero-order valence-corrected chi connectivity index (χ0v) is 10.7. The van der Waals surface area contributed by atoms with E-state index in [0.29, 0.717) is 18.9 Å². The molecule has 0 unspecified atom stereocenters. The molecule has 19 heavy (non-hydrogen) atoms. The molecule has 104 valence electrons. The fourth-order valence-electron chi connectivity index (χ4n) is 2.20. The van der Waals surface area contributed by atoms with Gasteiger partial charge in [0.05, 0.1) is 11.0 Å². The zero-order chi connectivity index (χ0) is 14.0. The lowest BCUT2D eigenvalue weighted by Crippen LogP contribution is -2.08. The van der Waals surface area contributed by atoms with Gasteiger partial charge < -0.3 is 10.3 Å². The van der Waals surface area contributed by atoms with Crippen molar-refractivity contribution in [3.63, 3.8) is 0 Å². The monoisotopic (exact) mass is 271 g/mol. The van der Waals surface area contributed by atoms with Crippen LogP contribution in [0.15, 0.2) is 18.2 Å². The van der Waals surface area contributed by atoms with Crippen LogP contribution in [0.2, 0.25) is 0 Å². The Morgan fingerprint density at radius 1 is 1.26 bits per heavy atom. The van der Waals surface area contributed by atoms with Crippen LogP contribution in [0.1, 0.15) is 24.8 Å². The number of aromatic nitrogens is 2. The highest BCUT2D eigenvalue weighted by atomic mass is 19.4. The number of imidazole rings is 1. The van der Waals surface area contributed by atoms with E-state index >= 15 is 0 Å². The summed E-state index contributed by atoms with van der Waals surface area (Å²) >= 11 is 0. The van der Waals surface area contributed by atoms with Crippen LogP contribution >= 0.6 is 0 Å². The van der Waals surface area contributed by atoms with Crippen molar-refractivity contribution in [2.45, 2.75) is 38.9 Å². The fourth-order valence-corrected chi connectivity index (χ4v) is 2.20. The molecule has 1 aromatic heterocycles. The van der Waals surface area contributed by atoms with Crippen molar-refractivity contribution in [1.29, 1.82) is 0 Å². The molecule has 0 saturated carbocycles. The van der Waals surface area contributed by atoms with Crippen LogP contribution in [0.4, 0.5) is 19.1 Å². The highest BCUT2D eigenvalue weighted by molar-refractivity contribution is 5.81. The van der Waals surface area contributed by atoms with E-state index < -0.39 is 12.6 Å². The van der Waals surface area contributed by atoms with Crippen LogP contribution in [0, 0.1) is 6.92 Å². The van der Waals surface area contributed by atoms with Gasteiger partial charge in [-0.1, -0.05) is 12.1 Å². The third kappa shape index (κ3) is 3.19. The Bertz CT molecular complexity index is 572. The van der Waals surface area contributed by atoms with Gasteiger partial charge in [0.15, 0.2) is 0 Å². The van der Waals surface area contributed by atoms with Gasteiger partial charge in [0, 0.05) is 13.0 Å². The summed E-state index contributed by atoms with van der Waals surface area (Å²) in [6.45, 7) is 2.40. The number of aryl methyl sites for hydroxylation is 2. The summed E-state index contributed by atoms with van der Waals surface area (Å²) in [4.78, 5) is 4.22. The molecular formula is C13H16F3N3. The van der Waals surface area contributed by atoms with E-state index in [1.54, 1.807) is 4.57 Å². The number of benzene rings is 1. The number of nitrogen functional groups attached to an aromatic ring is 1. The third-order valence-electron chi connectivity index (χ3n) is 3.09. The van der Waals surface area contributed by atoms with E-state index in [0.717, 1.165) is 16.6 Å². The molecule has 0 radical (unpaired) electrons. The highest BCUT2D eigenvalue weighted by Gasteiger charge is 2.25. The van der Waals surface area contributed by atoms with Gasteiger partial charge >= 0.3 is 6.18 Å². The molecule has 2 aromatic rings. The predicted molar refractivity (Wildman–Crippen MR) is 68.8 cm³/mol. The van der Waals surface area contributed by atoms with Crippen molar-refractivity contribution < 1.29 is 13.2 Å². The maximum absolute atomic E-state index is 12.1. The van der Waals surface area contributed by atoms with Gasteiger partial charge in [-0.25, -0.2) is 4.98 Å². The van der Waals surface area contributed by atoms with Crippen LogP contribution in [0.3, 0.4) is 0 Å². The van der Waals surface area contributed by atoms with Crippen molar-refractivity contribution in [1.82, 2.24) is 9.55 Å². The second-order valence-corrected chi connectivity index (χ2v) is 4.64. The lowest BCUT2D eigenvalue weighted by molar-refractivity contribution is -0.135. The van der Waals surface area contributed by atoms with Gasteiger partial charge in [0.25, 0.3) is 0 Å². The Balaban J connectivity index is 2.10. The van der Waals surface area contributed by atoms with Gasteiger partial charge in [0.1, 0.15) is 0 Å². The molecule has 0 aliphatic carbocycles.